The lowest BCUT2D eigenvalue weighted by atomic mass is 10.0. The van der Waals surface area contributed by atoms with Gasteiger partial charge in [0.15, 0.2) is 6.17 Å². The van der Waals surface area contributed by atoms with E-state index in [-0.39, 0.29) is 11.1 Å². The molecule has 0 bridgehead atoms. The summed E-state index contributed by atoms with van der Waals surface area (Å²) in [7, 11) is 0. The average molecular weight is 261 g/mol. The molecular formula is C11H13F2NO4. The van der Waals surface area contributed by atoms with Crippen LogP contribution in [0, 0.1) is 12.7 Å². The molecule has 1 aromatic heterocycles. The minimum atomic E-state index is -1.86. The van der Waals surface area contributed by atoms with E-state index in [9.17, 15) is 18.7 Å². The van der Waals surface area contributed by atoms with E-state index in [0.717, 1.165) is 6.20 Å². The van der Waals surface area contributed by atoms with E-state index in [4.69, 9.17) is 9.84 Å². The first-order valence-electron chi connectivity index (χ1n) is 5.43. The number of H-pyrrole nitrogens is 1. The third-order valence-electron chi connectivity index (χ3n) is 3.09. The van der Waals surface area contributed by atoms with E-state index < -0.39 is 42.5 Å². The SMILES string of the molecule is Cc1c(F)c([C@@H]2O[C@H](CO)C(O)[C@@H]2F)c[nH]c1=O. The molecule has 0 spiro atoms. The highest BCUT2D eigenvalue weighted by Crippen LogP contribution is 2.36. The maximum absolute atomic E-state index is 13.8. The van der Waals surface area contributed by atoms with Crippen LogP contribution in [0.3, 0.4) is 0 Å². The van der Waals surface area contributed by atoms with Gasteiger partial charge in [-0.3, -0.25) is 4.79 Å². The van der Waals surface area contributed by atoms with Crippen LogP contribution in [-0.2, 0) is 4.74 Å². The highest BCUT2D eigenvalue weighted by Gasteiger charge is 2.45. The summed E-state index contributed by atoms with van der Waals surface area (Å²) in [4.78, 5) is 13.4. The molecule has 2 rings (SSSR count). The Kier molecular flexibility index (Phi) is 3.47. The van der Waals surface area contributed by atoms with E-state index in [2.05, 4.69) is 4.98 Å². The summed E-state index contributed by atoms with van der Waals surface area (Å²) in [5.41, 5.74) is -0.955. The van der Waals surface area contributed by atoms with Crippen molar-refractivity contribution < 1.29 is 23.7 Å². The van der Waals surface area contributed by atoms with Crippen molar-refractivity contribution in [1.29, 1.82) is 0 Å². The number of aliphatic hydroxyl groups is 2. The lowest BCUT2D eigenvalue weighted by Gasteiger charge is -2.14. The Morgan fingerprint density at radius 3 is 2.78 bits per heavy atom. The molecule has 0 aliphatic carbocycles. The monoisotopic (exact) mass is 261 g/mol. The van der Waals surface area contributed by atoms with Crippen LogP contribution in [0.5, 0.6) is 0 Å². The van der Waals surface area contributed by atoms with Crippen LogP contribution >= 0.6 is 0 Å². The van der Waals surface area contributed by atoms with Crippen LogP contribution in [-0.4, -0.2) is 40.2 Å². The van der Waals surface area contributed by atoms with Gasteiger partial charge in [0, 0.05) is 11.8 Å². The minimum Gasteiger partial charge on any atom is -0.394 e. The zero-order valence-corrected chi connectivity index (χ0v) is 9.56. The molecule has 0 aromatic carbocycles. The number of ether oxygens (including phenoxy) is 1. The number of halogens is 2. The smallest absolute Gasteiger partial charge is 0.253 e. The highest BCUT2D eigenvalue weighted by molar-refractivity contribution is 5.24. The molecule has 0 radical (unpaired) electrons. The predicted molar refractivity (Wildman–Crippen MR) is 57.4 cm³/mol. The maximum atomic E-state index is 13.8. The van der Waals surface area contributed by atoms with Crippen LogP contribution in [0.2, 0.25) is 0 Å². The highest BCUT2D eigenvalue weighted by atomic mass is 19.1. The van der Waals surface area contributed by atoms with Crippen LogP contribution in [0.1, 0.15) is 17.2 Å². The number of aromatic amines is 1. The third-order valence-corrected chi connectivity index (χ3v) is 3.09. The topological polar surface area (TPSA) is 82.5 Å². The Balaban J connectivity index is 2.39. The molecule has 18 heavy (non-hydrogen) atoms. The minimum absolute atomic E-state index is 0.172. The average Bonchev–Trinajstić information content (AvgIpc) is 2.64. The van der Waals surface area contributed by atoms with Gasteiger partial charge in [-0.2, -0.15) is 0 Å². The molecule has 1 aliphatic rings. The van der Waals surface area contributed by atoms with Gasteiger partial charge in [0.25, 0.3) is 5.56 Å². The third kappa shape index (κ3) is 1.94. The summed E-state index contributed by atoms with van der Waals surface area (Å²) < 4.78 is 32.7. The number of nitrogens with one attached hydrogen (secondary N) is 1. The molecule has 3 N–H and O–H groups in total. The van der Waals surface area contributed by atoms with Crippen LogP contribution in [0.25, 0.3) is 0 Å². The number of aliphatic hydroxyl groups excluding tert-OH is 2. The Morgan fingerprint density at radius 2 is 2.22 bits per heavy atom. The Labute approximate surface area is 101 Å². The van der Waals surface area contributed by atoms with Crippen molar-refractivity contribution >= 4 is 0 Å². The molecule has 1 saturated heterocycles. The largest absolute Gasteiger partial charge is 0.394 e. The van der Waals surface area contributed by atoms with E-state index in [0.29, 0.717) is 0 Å². The maximum Gasteiger partial charge on any atom is 0.253 e. The van der Waals surface area contributed by atoms with Crippen molar-refractivity contribution in [3.05, 3.63) is 33.5 Å². The van der Waals surface area contributed by atoms with Gasteiger partial charge in [-0.25, -0.2) is 8.78 Å². The lowest BCUT2D eigenvalue weighted by Crippen LogP contribution is -2.30. The molecule has 5 nitrogen and oxygen atoms in total. The molecule has 1 aliphatic heterocycles. The number of alkyl halides is 1. The number of aromatic nitrogens is 1. The second-order valence-corrected chi connectivity index (χ2v) is 4.22. The number of hydrogen-bond donors (Lipinski definition) is 3. The second kappa shape index (κ2) is 4.75. The van der Waals surface area contributed by atoms with Gasteiger partial charge in [-0.1, -0.05) is 0 Å². The van der Waals surface area contributed by atoms with E-state index >= 15 is 0 Å². The Morgan fingerprint density at radius 1 is 1.56 bits per heavy atom. The molecule has 0 amide bonds. The molecule has 2 heterocycles. The van der Waals surface area contributed by atoms with Crippen molar-refractivity contribution in [2.45, 2.75) is 31.4 Å². The van der Waals surface area contributed by atoms with Crippen molar-refractivity contribution in [2.24, 2.45) is 0 Å². The summed E-state index contributed by atoms with van der Waals surface area (Å²) in [5.74, 6) is -0.864. The normalized spacial score (nSPS) is 31.8. The van der Waals surface area contributed by atoms with Crippen molar-refractivity contribution in [1.82, 2.24) is 4.98 Å². The molecule has 1 fully saturated rings. The molecule has 0 saturated carbocycles. The predicted octanol–water partition coefficient (Wildman–Crippen LogP) is -0.0464. The first kappa shape index (κ1) is 13.1. The standard InChI is InChI=1S/C11H13F2NO4/c1-4-7(12)5(2-14-11(4)17)10-8(13)9(16)6(3-15)18-10/h2,6,8-10,15-16H,3H2,1H3,(H,14,17)/t6-,8+,9?,10+/m1/s1. The first-order chi connectivity index (χ1) is 8.47. The van der Waals surface area contributed by atoms with Crippen LogP contribution in [0.4, 0.5) is 8.78 Å². The summed E-state index contributed by atoms with van der Waals surface area (Å²) in [5, 5.41) is 18.3. The van der Waals surface area contributed by atoms with Gasteiger partial charge in [0.05, 0.1) is 12.2 Å². The van der Waals surface area contributed by atoms with Crippen LogP contribution in [0.15, 0.2) is 11.0 Å². The number of hydrogen-bond acceptors (Lipinski definition) is 4. The van der Waals surface area contributed by atoms with E-state index in [1.165, 1.54) is 6.92 Å². The second-order valence-electron chi connectivity index (χ2n) is 4.22. The van der Waals surface area contributed by atoms with Crippen molar-refractivity contribution in [3.63, 3.8) is 0 Å². The van der Waals surface area contributed by atoms with E-state index in [1.54, 1.807) is 0 Å². The Bertz CT molecular complexity index is 504. The van der Waals surface area contributed by atoms with Gasteiger partial charge < -0.3 is 19.9 Å². The summed E-state index contributed by atoms with van der Waals surface area (Å²) in [6.07, 6.45) is -4.80. The fourth-order valence-corrected chi connectivity index (χ4v) is 1.96. The number of pyridine rings is 1. The summed E-state index contributed by atoms with van der Waals surface area (Å²) in [6.45, 7) is 0.696. The number of rotatable bonds is 2. The molecule has 1 aromatic rings. The zero-order chi connectivity index (χ0) is 13.4. The molecular weight excluding hydrogens is 248 g/mol. The van der Waals surface area contributed by atoms with Gasteiger partial charge in [-0.05, 0) is 6.92 Å². The van der Waals surface area contributed by atoms with Crippen LogP contribution < -0.4 is 5.56 Å². The first-order valence-corrected chi connectivity index (χ1v) is 5.43. The summed E-state index contributed by atoms with van der Waals surface area (Å²) >= 11 is 0. The molecule has 100 valence electrons. The van der Waals surface area contributed by atoms with Gasteiger partial charge in [-0.15, -0.1) is 0 Å². The Hall–Kier alpha value is -1.31. The molecule has 1 unspecified atom stereocenters. The lowest BCUT2D eigenvalue weighted by molar-refractivity contribution is -0.0235. The zero-order valence-electron chi connectivity index (χ0n) is 9.56. The van der Waals surface area contributed by atoms with Gasteiger partial charge in [0.1, 0.15) is 24.1 Å². The summed E-state index contributed by atoms with van der Waals surface area (Å²) in [6, 6.07) is 0. The molecule has 4 atom stereocenters. The fraction of sp³-hybridized carbons (Fsp3) is 0.545. The fourth-order valence-electron chi connectivity index (χ4n) is 1.96. The van der Waals surface area contributed by atoms with Gasteiger partial charge in [0.2, 0.25) is 0 Å². The van der Waals surface area contributed by atoms with E-state index in [1.807, 2.05) is 0 Å². The van der Waals surface area contributed by atoms with Gasteiger partial charge >= 0.3 is 0 Å². The van der Waals surface area contributed by atoms with Crippen molar-refractivity contribution in [3.8, 4) is 0 Å². The molecule has 7 heteroatoms. The quantitative estimate of drug-likeness (QED) is 0.697. The van der Waals surface area contributed by atoms with Crippen molar-refractivity contribution in [2.75, 3.05) is 6.61 Å².